The van der Waals surface area contributed by atoms with Gasteiger partial charge in [-0.15, -0.1) is 0 Å². The van der Waals surface area contributed by atoms with Gasteiger partial charge in [-0.05, 0) is 68.7 Å². The van der Waals surface area contributed by atoms with Gasteiger partial charge in [0.25, 0.3) is 0 Å². The molecule has 0 saturated carbocycles. The Balaban J connectivity index is 1.90. The maximum absolute atomic E-state index is 4.59. The van der Waals surface area contributed by atoms with Gasteiger partial charge in [0.2, 0.25) is 0 Å². The lowest BCUT2D eigenvalue weighted by atomic mass is 10.1. The van der Waals surface area contributed by atoms with Crippen molar-refractivity contribution in [1.29, 1.82) is 0 Å². The van der Waals surface area contributed by atoms with Crippen molar-refractivity contribution in [3.05, 3.63) is 77.2 Å². The fourth-order valence-corrected chi connectivity index (χ4v) is 3.57. The summed E-state index contributed by atoms with van der Waals surface area (Å²) in [4.78, 5) is 9.12. The van der Waals surface area contributed by atoms with Crippen LogP contribution in [0.5, 0.6) is 0 Å². The van der Waals surface area contributed by atoms with E-state index in [9.17, 15) is 0 Å². The van der Waals surface area contributed by atoms with Crippen molar-refractivity contribution in [2.45, 2.75) is 27.7 Å². The highest BCUT2D eigenvalue weighted by Crippen LogP contribution is 2.32. The van der Waals surface area contributed by atoms with Gasteiger partial charge in [0, 0.05) is 17.1 Å². The van der Waals surface area contributed by atoms with Gasteiger partial charge in [-0.2, -0.15) is 0 Å². The molecule has 0 saturated heterocycles. The molecule has 0 bridgehead atoms. The molecular formula is C22H22N4. The topological polar surface area (TPSA) is 42.7 Å². The highest BCUT2D eigenvalue weighted by molar-refractivity contribution is 5.94. The molecule has 2 aromatic heterocycles. The van der Waals surface area contributed by atoms with Crippen LogP contribution in [0.4, 0.5) is 11.5 Å². The Morgan fingerprint density at radius 3 is 2.23 bits per heavy atom. The third-order valence-electron chi connectivity index (χ3n) is 4.79. The van der Waals surface area contributed by atoms with Gasteiger partial charge >= 0.3 is 0 Å². The van der Waals surface area contributed by atoms with Crippen LogP contribution in [-0.2, 0) is 0 Å². The van der Waals surface area contributed by atoms with Gasteiger partial charge in [-0.3, -0.25) is 4.57 Å². The summed E-state index contributed by atoms with van der Waals surface area (Å²) in [5.74, 6) is 0.843. The van der Waals surface area contributed by atoms with E-state index in [4.69, 9.17) is 0 Å². The molecule has 0 amide bonds. The fourth-order valence-electron chi connectivity index (χ4n) is 3.57. The SMILES string of the molecule is Cc1cc(C)cc(Nc2ncnc3c2c(C)c(C)n3-c2ccccc2)c1. The monoisotopic (exact) mass is 342 g/mol. The largest absolute Gasteiger partial charge is 0.340 e. The number of benzene rings is 2. The molecule has 4 nitrogen and oxygen atoms in total. The molecule has 4 heteroatoms. The maximum atomic E-state index is 4.59. The van der Waals surface area contributed by atoms with Crippen LogP contribution >= 0.6 is 0 Å². The minimum atomic E-state index is 0.843. The van der Waals surface area contributed by atoms with Crippen LogP contribution < -0.4 is 5.32 Å². The van der Waals surface area contributed by atoms with Gasteiger partial charge in [0.1, 0.15) is 12.1 Å². The van der Waals surface area contributed by atoms with Crippen LogP contribution in [0, 0.1) is 27.7 Å². The number of hydrogen-bond donors (Lipinski definition) is 1. The number of aromatic nitrogens is 3. The molecule has 2 heterocycles. The number of anilines is 2. The number of hydrogen-bond acceptors (Lipinski definition) is 3. The Morgan fingerprint density at radius 1 is 0.846 bits per heavy atom. The number of fused-ring (bicyclic) bond motifs is 1. The first-order valence-corrected chi connectivity index (χ1v) is 8.78. The zero-order valence-electron chi connectivity index (χ0n) is 15.5. The average molecular weight is 342 g/mol. The van der Waals surface area contributed by atoms with Crippen molar-refractivity contribution in [2.75, 3.05) is 5.32 Å². The number of para-hydroxylation sites is 1. The third kappa shape index (κ3) is 2.73. The summed E-state index contributed by atoms with van der Waals surface area (Å²) >= 11 is 0. The molecule has 0 spiro atoms. The van der Waals surface area contributed by atoms with Crippen molar-refractivity contribution in [2.24, 2.45) is 0 Å². The quantitative estimate of drug-likeness (QED) is 0.542. The molecule has 4 aromatic rings. The van der Waals surface area contributed by atoms with Crippen molar-refractivity contribution in [1.82, 2.24) is 14.5 Å². The summed E-state index contributed by atoms with van der Waals surface area (Å²) in [6.45, 7) is 8.47. The van der Waals surface area contributed by atoms with Gasteiger partial charge in [-0.25, -0.2) is 9.97 Å². The van der Waals surface area contributed by atoms with Crippen molar-refractivity contribution in [3.8, 4) is 5.69 Å². The molecule has 0 atom stereocenters. The van der Waals surface area contributed by atoms with Gasteiger partial charge < -0.3 is 5.32 Å². The molecule has 0 aliphatic rings. The zero-order valence-corrected chi connectivity index (χ0v) is 15.5. The first-order valence-electron chi connectivity index (χ1n) is 8.78. The highest BCUT2D eigenvalue weighted by atomic mass is 15.1. The Bertz CT molecular complexity index is 1070. The molecule has 0 fully saturated rings. The van der Waals surface area contributed by atoms with E-state index in [1.54, 1.807) is 6.33 Å². The lowest BCUT2D eigenvalue weighted by Crippen LogP contribution is -1.99. The second-order valence-corrected chi connectivity index (χ2v) is 6.80. The first-order chi connectivity index (χ1) is 12.5. The van der Waals surface area contributed by atoms with Crippen molar-refractivity contribution in [3.63, 3.8) is 0 Å². The van der Waals surface area contributed by atoms with Gasteiger partial charge in [-0.1, -0.05) is 24.3 Å². The normalized spacial score (nSPS) is 11.1. The predicted octanol–water partition coefficient (Wildman–Crippen LogP) is 5.40. The van der Waals surface area contributed by atoms with E-state index < -0.39 is 0 Å². The highest BCUT2D eigenvalue weighted by Gasteiger charge is 2.17. The van der Waals surface area contributed by atoms with Crippen LogP contribution in [0.2, 0.25) is 0 Å². The molecule has 2 aromatic carbocycles. The summed E-state index contributed by atoms with van der Waals surface area (Å²) in [5, 5.41) is 4.56. The zero-order chi connectivity index (χ0) is 18.3. The maximum Gasteiger partial charge on any atom is 0.150 e. The van der Waals surface area contributed by atoms with E-state index in [0.29, 0.717) is 0 Å². The molecule has 0 radical (unpaired) electrons. The minimum Gasteiger partial charge on any atom is -0.340 e. The summed E-state index contributed by atoms with van der Waals surface area (Å²) in [6, 6.07) is 16.8. The van der Waals surface area contributed by atoms with E-state index >= 15 is 0 Å². The first kappa shape index (κ1) is 16.3. The summed E-state index contributed by atoms with van der Waals surface area (Å²) in [6.07, 6.45) is 1.63. The summed E-state index contributed by atoms with van der Waals surface area (Å²) < 4.78 is 2.19. The number of nitrogens with one attached hydrogen (secondary N) is 1. The third-order valence-corrected chi connectivity index (χ3v) is 4.79. The Hall–Kier alpha value is -3.14. The number of rotatable bonds is 3. The fraction of sp³-hybridized carbons (Fsp3) is 0.182. The lowest BCUT2D eigenvalue weighted by molar-refractivity contribution is 1.01. The van der Waals surface area contributed by atoms with Crippen molar-refractivity contribution >= 4 is 22.5 Å². The molecule has 1 N–H and O–H groups in total. The Morgan fingerprint density at radius 2 is 1.54 bits per heavy atom. The average Bonchev–Trinajstić information content (AvgIpc) is 2.87. The van der Waals surface area contributed by atoms with Crippen molar-refractivity contribution < 1.29 is 0 Å². The van der Waals surface area contributed by atoms with Crippen LogP contribution in [0.25, 0.3) is 16.7 Å². The Labute approximate surface area is 153 Å². The van der Waals surface area contributed by atoms with Crippen LogP contribution in [-0.4, -0.2) is 14.5 Å². The lowest BCUT2D eigenvalue weighted by Gasteiger charge is -2.10. The number of nitrogens with zero attached hydrogens (tertiary/aromatic N) is 3. The molecule has 26 heavy (non-hydrogen) atoms. The predicted molar refractivity (Wildman–Crippen MR) is 108 cm³/mol. The van der Waals surface area contributed by atoms with Crippen LogP contribution in [0.3, 0.4) is 0 Å². The minimum absolute atomic E-state index is 0.843. The second kappa shape index (κ2) is 6.30. The van der Waals surface area contributed by atoms with E-state index in [1.165, 1.54) is 22.4 Å². The molecule has 130 valence electrons. The smallest absolute Gasteiger partial charge is 0.150 e. The van der Waals surface area contributed by atoms with Gasteiger partial charge in [0.15, 0.2) is 5.65 Å². The van der Waals surface area contributed by atoms with E-state index in [2.05, 4.69) is 77.9 Å². The van der Waals surface area contributed by atoms with Gasteiger partial charge in [0.05, 0.1) is 5.39 Å². The van der Waals surface area contributed by atoms with E-state index in [1.807, 2.05) is 18.2 Å². The number of aryl methyl sites for hydroxylation is 3. The van der Waals surface area contributed by atoms with Crippen LogP contribution in [0.1, 0.15) is 22.4 Å². The Kier molecular flexibility index (Phi) is 3.96. The summed E-state index contributed by atoms with van der Waals surface area (Å²) in [5.41, 5.74) is 7.91. The van der Waals surface area contributed by atoms with E-state index in [0.717, 1.165) is 28.2 Å². The second-order valence-electron chi connectivity index (χ2n) is 6.80. The molecule has 4 rings (SSSR count). The summed E-state index contributed by atoms with van der Waals surface area (Å²) in [7, 11) is 0. The molecule has 0 aliphatic carbocycles. The van der Waals surface area contributed by atoms with Crippen LogP contribution in [0.15, 0.2) is 54.9 Å². The standard InChI is InChI=1S/C22H22N4/c1-14-10-15(2)12-18(11-14)25-21-20-16(3)17(4)26(22(20)24-13-23-21)19-8-6-5-7-9-19/h5-13H,1-4H3,(H,23,24,25). The van der Waals surface area contributed by atoms with E-state index in [-0.39, 0.29) is 0 Å². The molecular weight excluding hydrogens is 320 g/mol. The molecule has 0 aliphatic heterocycles. The molecule has 0 unspecified atom stereocenters.